The number of rotatable bonds is 8. The van der Waals surface area contributed by atoms with Gasteiger partial charge >= 0.3 is 0 Å². The van der Waals surface area contributed by atoms with Gasteiger partial charge in [0.05, 0.1) is 22.4 Å². The number of halogens is 2. The molecule has 0 spiro atoms. The van der Waals surface area contributed by atoms with Gasteiger partial charge in [-0.05, 0) is 19.8 Å². The Kier molecular flexibility index (Phi) is 7.05. The molecule has 26 heavy (non-hydrogen) atoms. The average molecular weight is 401 g/mol. The highest BCUT2D eigenvalue weighted by molar-refractivity contribution is 6.30. The number of hydrogen-bond donors (Lipinski definition) is 2. The average Bonchev–Trinajstić information content (AvgIpc) is 3.24. The standard InChI is InChI=1S/C16H22Cl2N6O2/c1-10(4-19-15(25)11(2)23-8-13(17)6-21-23)5-20-16(26)12(3)24-9-14(18)7-22-24/h6-12H,4-5H2,1-3H3,(H,19,25)(H,20,26). The molecule has 0 aliphatic heterocycles. The summed E-state index contributed by atoms with van der Waals surface area (Å²) in [6, 6.07) is -0.928. The molecule has 0 aromatic carbocycles. The Morgan fingerprint density at radius 2 is 1.31 bits per heavy atom. The Bertz CT molecular complexity index is 697. The van der Waals surface area contributed by atoms with Crippen LogP contribution in [0, 0.1) is 5.92 Å². The second kappa shape index (κ2) is 9.05. The number of aromatic nitrogens is 4. The molecule has 2 atom stereocenters. The van der Waals surface area contributed by atoms with Crippen LogP contribution in [-0.4, -0.2) is 44.5 Å². The minimum absolute atomic E-state index is 0.0599. The maximum Gasteiger partial charge on any atom is 0.244 e. The molecule has 0 aliphatic rings. The molecule has 2 N–H and O–H groups in total. The van der Waals surface area contributed by atoms with Crippen LogP contribution in [0.15, 0.2) is 24.8 Å². The van der Waals surface area contributed by atoms with Gasteiger partial charge in [0.1, 0.15) is 12.1 Å². The number of nitrogens with one attached hydrogen (secondary N) is 2. The van der Waals surface area contributed by atoms with E-state index in [1.54, 1.807) is 26.2 Å². The predicted molar refractivity (Wildman–Crippen MR) is 99.1 cm³/mol. The van der Waals surface area contributed by atoms with Crippen molar-refractivity contribution in [2.24, 2.45) is 5.92 Å². The van der Waals surface area contributed by atoms with Gasteiger partial charge in [0.15, 0.2) is 0 Å². The summed E-state index contributed by atoms with van der Waals surface area (Å²) >= 11 is 11.6. The van der Waals surface area contributed by atoms with Gasteiger partial charge in [0.25, 0.3) is 0 Å². The van der Waals surface area contributed by atoms with Crippen molar-refractivity contribution in [2.75, 3.05) is 13.1 Å². The summed E-state index contributed by atoms with van der Waals surface area (Å²) in [5, 5.41) is 14.7. The fourth-order valence-electron chi connectivity index (χ4n) is 2.21. The monoisotopic (exact) mass is 400 g/mol. The SMILES string of the molecule is CC(CNC(=O)C(C)n1cc(Cl)cn1)CNC(=O)C(C)n1cc(Cl)cn1. The van der Waals surface area contributed by atoms with Crippen molar-refractivity contribution in [1.82, 2.24) is 30.2 Å². The minimum atomic E-state index is -0.464. The first kappa shape index (κ1) is 20.3. The van der Waals surface area contributed by atoms with Gasteiger partial charge in [-0.3, -0.25) is 19.0 Å². The van der Waals surface area contributed by atoms with Crippen LogP contribution in [0.4, 0.5) is 0 Å². The van der Waals surface area contributed by atoms with E-state index in [-0.39, 0.29) is 17.7 Å². The van der Waals surface area contributed by atoms with Crippen LogP contribution in [0.2, 0.25) is 10.0 Å². The molecule has 0 fully saturated rings. The number of carbonyl (C=O) groups is 2. The predicted octanol–water partition coefficient (Wildman–Crippen LogP) is 2.08. The number of carbonyl (C=O) groups excluding carboxylic acids is 2. The van der Waals surface area contributed by atoms with Crippen molar-refractivity contribution >= 4 is 35.0 Å². The van der Waals surface area contributed by atoms with Gasteiger partial charge < -0.3 is 10.6 Å². The summed E-state index contributed by atoms with van der Waals surface area (Å²) in [5.74, 6) is -0.269. The first-order valence-electron chi connectivity index (χ1n) is 8.22. The first-order chi connectivity index (χ1) is 12.3. The van der Waals surface area contributed by atoms with Crippen LogP contribution in [0.5, 0.6) is 0 Å². The van der Waals surface area contributed by atoms with E-state index in [0.717, 1.165) is 0 Å². The van der Waals surface area contributed by atoms with Crippen molar-refractivity contribution in [3.8, 4) is 0 Å². The van der Waals surface area contributed by atoms with E-state index in [1.807, 2.05) is 6.92 Å². The van der Waals surface area contributed by atoms with E-state index in [9.17, 15) is 9.59 Å². The van der Waals surface area contributed by atoms with Crippen molar-refractivity contribution < 1.29 is 9.59 Å². The Morgan fingerprint density at radius 3 is 1.62 bits per heavy atom. The van der Waals surface area contributed by atoms with Crippen molar-refractivity contribution in [3.63, 3.8) is 0 Å². The number of nitrogens with zero attached hydrogens (tertiary/aromatic N) is 4. The fraction of sp³-hybridized carbons (Fsp3) is 0.500. The molecule has 0 saturated heterocycles. The lowest BCUT2D eigenvalue weighted by Gasteiger charge is -2.18. The Labute approximate surface area is 161 Å². The van der Waals surface area contributed by atoms with Crippen LogP contribution in [0.1, 0.15) is 32.9 Å². The van der Waals surface area contributed by atoms with Crippen molar-refractivity contribution in [1.29, 1.82) is 0 Å². The second-order valence-electron chi connectivity index (χ2n) is 6.22. The Balaban J connectivity index is 1.73. The molecule has 10 heteroatoms. The number of hydrogen-bond acceptors (Lipinski definition) is 4. The summed E-state index contributed by atoms with van der Waals surface area (Å²) in [5.41, 5.74) is 0. The van der Waals surface area contributed by atoms with E-state index >= 15 is 0 Å². The van der Waals surface area contributed by atoms with E-state index in [2.05, 4.69) is 20.8 Å². The van der Waals surface area contributed by atoms with Crippen LogP contribution < -0.4 is 10.6 Å². The molecule has 2 rings (SSSR count). The van der Waals surface area contributed by atoms with Gasteiger partial charge in [-0.2, -0.15) is 10.2 Å². The molecule has 0 saturated carbocycles. The summed E-state index contributed by atoms with van der Waals surface area (Å²) in [6.45, 7) is 6.27. The summed E-state index contributed by atoms with van der Waals surface area (Å²) < 4.78 is 3.00. The van der Waals surface area contributed by atoms with Crippen LogP contribution in [-0.2, 0) is 9.59 Å². The summed E-state index contributed by atoms with van der Waals surface area (Å²) in [7, 11) is 0. The third-order valence-corrected chi connectivity index (χ3v) is 4.33. The zero-order valence-electron chi connectivity index (χ0n) is 14.8. The molecule has 2 unspecified atom stereocenters. The van der Waals surface area contributed by atoms with E-state index < -0.39 is 12.1 Å². The molecule has 142 valence electrons. The lowest BCUT2D eigenvalue weighted by molar-refractivity contribution is -0.124. The summed E-state index contributed by atoms with van der Waals surface area (Å²) in [6.07, 6.45) is 6.16. The molecule has 2 amide bonds. The molecule has 0 radical (unpaired) electrons. The van der Waals surface area contributed by atoms with E-state index in [0.29, 0.717) is 23.1 Å². The normalized spacial score (nSPS) is 14.5. The Morgan fingerprint density at radius 1 is 0.923 bits per heavy atom. The van der Waals surface area contributed by atoms with Crippen molar-refractivity contribution in [2.45, 2.75) is 32.9 Å². The highest BCUT2D eigenvalue weighted by Gasteiger charge is 2.18. The van der Waals surface area contributed by atoms with E-state index in [4.69, 9.17) is 23.2 Å². The van der Waals surface area contributed by atoms with E-state index in [1.165, 1.54) is 21.8 Å². The molecule has 8 nitrogen and oxygen atoms in total. The minimum Gasteiger partial charge on any atom is -0.354 e. The zero-order valence-corrected chi connectivity index (χ0v) is 16.3. The lowest BCUT2D eigenvalue weighted by Crippen LogP contribution is -2.39. The van der Waals surface area contributed by atoms with Crippen LogP contribution >= 0.6 is 23.2 Å². The maximum atomic E-state index is 12.2. The first-order valence-corrected chi connectivity index (χ1v) is 8.98. The quantitative estimate of drug-likeness (QED) is 0.708. The smallest absolute Gasteiger partial charge is 0.244 e. The molecule has 2 aromatic heterocycles. The van der Waals surface area contributed by atoms with Gasteiger partial charge in [0, 0.05) is 25.5 Å². The fourth-order valence-corrected chi connectivity index (χ4v) is 2.50. The summed E-state index contributed by atoms with van der Waals surface area (Å²) in [4.78, 5) is 24.3. The highest BCUT2D eigenvalue weighted by atomic mass is 35.5. The molecule has 2 heterocycles. The number of amides is 2. The van der Waals surface area contributed by atoms with Crippen molar-refractivity contribution in [3.05, 3.63) is 34.8 Å². The van der Waals surface area contributed by atoms with Gasteiger partial charge in [-0.1, -0.05) is 30.1 Å². The van der Waals surface area contributed by atoms with Crippen LogP contribution in [0.3, 0.4) is 0 Å². The molecule has 0 bridgehead atoms. The van der Waals surface area contributed by atoms with Gasteiger partial charge in [-0.25, -0.2) is 0 Å². The molecule has 2 aromatic rings. The molecule has 0 aliphatic carbocycles. The van der Waals surface area contributed by atoms with Gasteiger partial charge in [0.2, 0.25) is 11.8 Å². The largest absolute Gasteiger partial charge is 0.354 e. The van der Waals surface area contributed by atoms with Crippen LogP contribution in [0.25, 0.3) is 0 Å². The Hall–Kier alpha value is -2.06. The third-order valence-electron chi connectivity index (χ3n) is 3.94. The molecular weight excluding hydrogens is 379 g/mol. The maximum absolute atomic E-state index is 12.2. The lowest BCUT2D eigenvalue weighted by atomic mass is 10.1. The van der Waals surface area contributed by atoms with Gasteiger partial charge in [-0.15, -0.1) is 0 Å². The topological polar surface area (TPSA) is 93.8 Å². The second-order valence-corrected chi connectivity index (χ2v) is 7.10. The molecular formula is C16H22Cl2N6O2. The highest BCUT2D eigenvalue weighted by Crippen LogP contribution is 2.12. The third kappa shape index (κ3) is 5.47. The zero-order chi connectivity index (χ0) is 19.3.